The zero-order valence-electron chi connectivity index (χ0n) is 15.6. The number of para-hydroxylation sites is 1. The minimum Gasteiger partial charge on any atom is -0.384 e. The van der Waals surface area contributed by atoms with Crippen LogP contribution in [0.15, 0.2) is 48.5 Å². The lowest BCUT2D eigenvalue weighted by Crippen LogP contribution is -2.65. The largest absolute Gasteiger partial charge is 0.384 e. The van der Waals surface area contributed by atoms with E-state index >= 15 is 0 Å². The Morgan fingerprint density at radius 2 is 1.89 bits per heavy atom. The molecule has 6 heteroatoms. The average molecular weight is 366 g/mol. The molecule has 1 aliphatic carbocycles. The zero-order valence-corrected chi connectivity index (χ0v) is 15.6. The number of nitrogens with one attached hydrogen (secondary N) is 2. The molecule has 2 aromatic rings. The SMILES string of the molecule is COCC1(C2CCC2)CN(C(=O)Nc2cccc(Nc3ccccc3)n2)C1. The predicted molar refractivity (Wildman–Crippen MR) is 106 cm³/mol. The topological polar surface area (TPSA) is 66.5 Å². The van der Waals surface area contributed by atoms with Crippen LogP contribution in [0.25, 0.3) is 0 Å². The number of ether oxygens (including phenoxy) is 1. The lowest BCUT2D eigenvalue weighted by molar-refractivity contribution is -0.0920. The summed E-state index contributed by atoms with van der Waals surface area (Å²) in [5.41, 5.74) is 1.11. The number of urea groups is 1. The molecule has 1 aromatic heterocycles. The molecule has 2 heterocycles. The number of hydrogen-bond acceptors (Lipinski definition) is 4. The molecular formula is C21H26N4O2. The Balaban J connectivity index is 1.35. The highest BCUT2D eigenvalue weighted by molar-refractivity contribution is 5.89. The number of carbonyl (C=O) groups is 1. The van der Waals surface area contributed by atoms with Gasteiger partial charge in [0.15, 0.2) is 0 Å². The third-order valence-corrected chi connectivity index (χ3v) is 5.73. The number of rotatable bonds is 6. The van der Waals surface area contributed by atoms with Gasteiger partial charge in [0.2, 0.25) is 0 Å². The number of carbonyl (C=O) groups excluding carboxylic acids is 1. The van der Waals surface area contributed by atoms with Gasteiger partial charge in [0.1, 0.15) is 11.6 Å². The molecule has 2 fully saturated rings. The van der Waals surface area contributed by atoms with Gasteiger partial charge in [-0.2, -0.15) is 0 Å². The van der Waals surface area contributed by atoms with Crippen molar-refractivity contribution in [3.05, 3.63) is 48.5 Å². The number of pyridine rings is 1. The number of amides is 2. The Hall–Kier alpha value is -2.60. The lowest BCUT2D eigenvalue weighted by atomic mass is 9.61. The van der Waals surface area contributed by atoms with Crippen molar-refractivity contribution in [2.24, 2.45) is 11.3 Å². The first-order chi connectivity index (χ1) is 13.2. The van der Waals surface area contributed by atoms with Crippen LogP contribution in [0.1, 0.15) is 19.3 Å². The van der Waals surface area contributed by atoms with Crippen molar-refractivity contribution in [1.29, 1.82) is 0 Å². The maximum Gasteiger partial charge on any atom is 0.323 e. The van der Waals surface area contributed by atoms with Crippen LogP contribution in [0.5, 0.6) is 0 Å². The molecule has 0 atom stereocenters. The van der Waals surface area contributed by atoms with Crippen molar-refractivity contribution >= 4 is 23.4 Å². The van der Waals surface area contributed by atoms with Gasteiger partial charge in [-0.1, -0.05) is 30.7 Å². The Bertz CT molecular complexity index is 786. The van der Waals surface area contributed by atoms with E-state index < -0.39 is 0 Å². The number of likely N-dealkylation sites (tertiary alicyclic amines) is 1. The van der Waals surface area contributed by atoms with Gasteiger partial charge < -0.3 is 15.0 Å². The monoisotopic (exact) mass is 366 g/mol. The molecule has 0 radical (unpaired) electrons. The van der Waals surface area contributed by atoms with Gasteiger partial charge in [-0.05, 0) is 43.0 Å². The quantitative estimate of drug-likeness (QED) is 0.808. The van der Waals surface area contributed by atoms with E-state index in [9.17, 15) is 4.79 Å². The summed E-state index contributed by atoms with van der Waals surface area (Å²) in [5.74, 6) is 1.94. The van der Waals surface area contributed by atoms with Gasteiger partial charge in [0.25, 0.3) is 0 Å². The fraction of sp³-hybridized carbons (Fsp3) is 0.429. The van der Waals surface area contributed by atoms with Crippen molar-refractivity contribution < 1.29 is 9.53 Å². The van der Waals surface area contributed by atoms with Crippen molar-refractivity contribution in [3.8, 4) is 0 Å². The Morgan fingerprint density at radius 3 is 2.56 bits per heavy atom. The van der Waals surface area contributed by atoms with Gasteiger partial charge >= 0.3 is 6.03 Å². The van der Waals surface area contributed by atoms with Gasteiger partial charge in [0.05, 0.1) is 6.61 Å². The van der Waals surface area contributed by atoms with Crippen molar-refractivity contribution in [2.75, 3.05) is 37.4 Å². The third kappa shape index (κ3) is 3.76. The second kappa shape index (κ2) is 7.56. The van der Waals surface area contributed by atoms with Crippen LogP contribution in [0, 0.1) is 11.3 Å². The molecule has 1 saturated heterocycles. The van der Waals surface area contributed by atoms with E-state index in [0.29, 0.717) is 17.6 Å². The second-order valence-electron chi connectivity index (χ2n) is 7.61. The van der Waals surface area contributed by atoms with E-state index in [4.69, 9.17) is 4.74 Å². The Labute approximate surface area is 159 Å². The van der Waals surface area contributed by atoms with Gasteiger partial charge in [-0.15, -0.1) is 0 Å². The molecule has 27 heavy (non-hydrogen) atoms. The highest BCUT2D eigenvalue weighted by Gasteiger charge is 2.52. The predicted octanol–water partition coefficient (Wildman–Crippen LogP) is 4.11. The molecule has 6 nitrogen and oxygen atoms in total. The molecule has 2 aliphatic rings. The maximum atomic E-state index is 12.6. The zero-order chi connectivity index (χ0) is 18.7. The summed E-state index contributed by atoms with van der Waals surface area (Å²) in [5, 5.41) is 6.16. The van der Waals surface area contributed by atoms with E-state index in [2.05, 4.69) is 15.6 Å². The summed E-state index contributed by atoms with van der Waals surface area (Å²) in [6, 6.07) is 15.3. The van der Waals surface area contributed by atoms with E-state index in [0.717, 1.165) is 25.4 Å². The van der Waals surface area contributed by atoms with Gasteiger partial charge in [-0.25, -0.2) is 9.78 Å². The highest BCUT2D eigenvalue weighted by atomic mass is 16.5. The molecule has 2 N–H and O–H groups in total. The third-order valence-electron chi connectivity index (χ3n) is 5.73. The lowest BCUT2D eigenvalue weighted by Gasteiger charge is -2.56. The summed E-state index contributed by atoms with van der Waals surface area (Å²) in [6.07, 6.45) is 3.81. The summed E-state index contributed by atoms with van der Waals surface area (Å²) in [6.45, 7) is 2.26. The molecule has 1 aromatic carbocycles. The van der Waals surface area contributed by atoms with Crippen LogP contribution in [0.2, 0.25) is 0 Å². The first kappa shape index (κ1) is 17.8. The van der Waals surface area contributed by atoms with Gasteiger partial charge in [-0.3, -0.25) is 5.32 Å². The summed E-state index contributed by atoms with van der Waals surface area (Å²) < 4.78 is 5.45. The first-order valence-corrected chi connectivity index (χ1v) is 9.52. The molecule has 1 saturated carbocycles. The van der Waals surface area contributed by atoms with Crippen LogP contribution in [0.4, 0.5) is 22.1 Å². The van der Waals surface area contributed by atoms with Crippen LogP contribution >= 0.6 is 0 Å². The summed E-state index contributed by atoms with van der Waals surface area (Å²) in [7, 11) is 1.75. The molecular weight excluding hydrogens is 340 g/mol. The fourth-order valence-electron chi connectivity index (χ4n) is 4.06. The molecule has 142 valence electrons. The number of benzene rings is 1. The number of hydrogen-bond donors (Lipinski definition) is 2. The summed E-state index contributed by atoms with van der Waals surface area (Å²) in [4.78, 5) is 18.9. The minimum absolute atomic E-state index is 0.0922. The molecule has 0 unspecified atom stereocenters. The standard InChI is InChI=1S/C21H26N4O2/c1-27-15-21(16-7-5-8-16)13-25(14-21)20(26)24-19-12-6-11-18(23-19)22-17-9-3-2-4-10-17/h2-4,6,9-12,16H,5,7-8,13-15H2,1H3,(H2,22,23,24,26). The first-order valence-electron chi connectivity index (χ1n) is 9.52. The van der Waals surface area contributed by atoms with Crippen molar-refractivity contribution in [3.63, 3.8) is 0 Å². The van der Waals surface area contributed by atoms with E-state index in [1.165, 1.54) is 19.3 Å². The second-order valence-corrected chi connectivity index (χ2v) is 7.61. The smallest absolute Gasteiger partial charge is 0.323 e. The molecule has 0 spiro atoms. The number of nitrogens with zero attached hydrogens (tertiary/aromatic N) is 2. The van der Waals surface area contributed by atoms with Crippen LogP contribution in [0.3, 0.4) is 0 Å². The average Bonchev–Trinajstić information content (AvgIpc) is 2.59. The highest BCUT2D eigenvalue weighted by Crippen LogP contribution is 2.48. The van der Waals surface area contributed by atoms with Crippen molar-refractivity contribution in [2.45, 2.75) is 19.3 Å². The van der Waals surface area contributed by atoms with Crippen molar-refractivity contribution in [1.82, 2.24) is 9.88 Å². The molecule has 1 aliphatic heterocycles. The maximum absolute atomic E-state index is 12.6. The van der Waals surface area contributed by atoms with E-state index in [1.54, 1.807) is 7.11 Å². The molecule has 4 rings (SSSR count). The normalized spacial score (nSPS) is 18.3. The summed E-state index contributed by atoms with van der Waals surface area (Å²) >= 11 is 0. The Morgan fingerprint density at radius 1 is 1.15 bits per heavy atom. The van der Waals surface area contributed by atoms with Crippen LogP contribution in [-0.4, -0.2) is 42.7 Å². The molecule has 2 amide bonds. The molecule has 0 bridgehead atoms. The fourth-order valence-corrected chi connectivity index (χ4v) is 4.06. The minimum atomic E-state index is -0.0922. The number of methoxy groups -OCH3 is 1. The van der Waals surface area contributed by atoms with E-state index in [1.807, 2.05) is 53.4 Å². The number of aromatic nitrogens is 1. The van der Waals surface area contributed by atoms with E-state index in [-0.39, 0.29) is 11.4 Å². The Kier molecular flexibility index (Phi) is 4.99. The van der Waals surface area contributed by atoms with Crippen LogP contribution < -0.4 is 10.6 Å². The van der Waals surface area contributed by atoms with Crippen LogP contribution in [-0.2, 0) is 4.74 Å². The van der Waals surface area contributed by atoms with Gasteiger partial charge in [0, 0.05) is 31.3 Å². The number of anilines is 3.